The molecule has 2 aromatic heterocycles. The molecule has 3 rings (SSSR count). The van der Waals surface area contributed by atoms with Crippen LogP contribution >= 0.6 is 11.3 Å². The van der Waals surface area contributed by atoms with Crippen LogP contribution in [0.5, 0.6) is 0 Å². The first-order chi connectivity index (χ1) is 12.0. The Bertz CT molecular complexity index is 783. The second kappa shape index (κ2) is 7.37. The molecule has 0 unspecified atom stereocenters. The number of thiophene rings is 1. The van der Waals surface area contributed by atoms with Gasteiger partial charge in [0.05, 0.1) is 24.2 Å². The van der Waals surface area contributed by atoms with Crippen LogP contribution in [0, 0.1) is 13.8 Å². The van der Waals surface area contributed by atoms with E-state index in [9.17, 15) is 9.59 Å². The summed E-state index contributed by atoms with van der Waals surface area (Å²) < 4.78 is 10.4. The highest BCUT2D eigenvalue weighted by Crippen LogP contribution is 2.30. The molecule has 3 heterocycles. The van der Waals surface area contributed by atoms with Gasteiger partial charge in [0, 0.05) is 19.6 Å². The zero-order chi connectivity index (χ0) is 18.0. The largest absolute Gasteiger partial charge is 0.468 e. The molecular formula is C17H21N3O4S. The molecule has 1 amide bonds. The summed E-state index contributed by atoms with van der Waals surface area (Å²) in [5, 5.41) is 2.02. The maximum Gasteiger partial charge on any atom is 0.325 e. The summed E-state index contributed by atoms with van der Waals surface area (Å²) in [4.78, 5) is 32.7. The first-order valence-corrected chi connectivity index (χ1v) is 8.93. The molecule has 0 aliphatic carbocycles. The van der Waals surface area contributed by atoms with Crippen LogP contribution in [0.4, 0.5) is 0 Å². The van der Waals surface area contributed by atoms with Crippen molar-refractivity contribution in [2.45, 2.75) is 20.4 Å². The molecule has 0 atom stereocenters. The number of methoxy groups -OCH3 is 1. The molecule has 0 aromatic carbocycles. The van der Waals surface area contributed by atoms with E-state index in [1.54, 1.807) is 11.3 Å². The number of esters is 1. The van der Waals surface area contributed by atoms with Crippen LogP contribution in [-0.4, -0.2) is 59.9 Å². The molecule has 2 aromatic rings. The molecule has 25 heavy (non-hydrogen) atoms. The Hall–Kier alpha value is -2.19. The second-order valence-electron chi connectivity index (χ2n) is 6.06. The van der Waals surface area contributed by atoms with Gasteiger partial charge in [-0.1, -0.05) is 0 Å². The van der Waals surface area contributed by atoms with E-state index in [1.807, 2.05) is 30.2 Å². The minimum absolute atomic E-state index is 0.00790. The molecular weight excluding hydrogens is 342 g/mol. The lowest BCUT2D eigenvalue weighted by Gasteiger charge is -2.33. The lowest BCUT2D eigenvalue weighted by molar-refractivity contribution is -0.149. The van der Waals surface area contributed by atoms with Crippen molar-refractivity contribution in [3.8, 4) is 10.8 Å². The zero-order valence-electron chi connectivity index (χ0n) is 14.6. The fourth-order valence-electron chi connectivity index (χ4n) is 2.76. The molecule has 0 spiro atoms. The average Bonchev–Trinajstić information content (AvgIpc) is 3.16. The Kier molecular flexibility index (Phi) is 5.19. The number of carbonyl (C=O) groups is 2. The zero-order valence-corrected chi connectivity index (χ0v) is 15.4. The molecule has 0 bridgehead atoms. The molecule has 0 N–H and O–H groups in total. The predicted molar refractivity (Wildman–Crippen MR) is 93.2 cm³/mol. The van der Waals surface area contributed by atoms with Gasteiger partial charge in [-0.15, -0.1) is 11.3 Å². The van der Waals surface area contributed by atoms with Crippen LogP contribution in [0.2, 0.25) is 0 Å². The summed E-state index contributed by atoms with van der Waals surface area (Å²) in [6, 6.07) is 2.04. The number of hydrogen-bond donors (Lipinski definition) is 0. The molecule has 134 valence electrons. The van der Waals surface area contributed by atoms with Crippen LogP contribution < -0.4 is 0 Å². The van der Waals surface area contributed by atoms with Gasteiger partial charge in [-0.05, 0) is 30.9 Å². The van der Waals surface area contributed by atoms with Crippen molar-refractivity contribution >= 4 is 23.2 Å². The van der Waals surface area contributed by atoms with Gasteiger partial charge in [-0.3, -0.25) is 14.5 Å². The quantitative estimate of drug-likeness (QED) is 0.755. The first kappa shape index (κ1) is 17.6. The number of rotatable bonds is 5. The summed E-state index contributed by atoms with van der Waals surface area (Å²) >= 11 is 1.60. The number of oxazole rings is 1. The third kappa shape index (κ3) is 3.91. The number of piperazine rings is 1. The van der Waals surface area contributed by atoms with Crippen molar-refractivity contribution in [1.29, 1.82) is 0 Å². The molecule has 1 fully saturated rings. The number of aryl methyl sites for hydroxylation is 2. The van der Waals surface area contributed by atoms with E-state index in [1.165, 1.54) is 12.0 Å². The van der Waals surface area contributed by atoms with Crippen LogP contribution in [0.1, 0.15) is 17.0 Å². The van der Waals surface area contributed by atoms with Gasteiger partial charge in [-0.2, -0.15) is 0 Å². The van der Waals surface area contributed by atoms with Gasteiger partial charge in [0.15, 0.2) is 0 Å². The number of nitrogens with zero attached hydrogens (tertiary/aromatic N) is 3. The third-order valence-corrected chi connectivity index (χ3v) is 5.27. The van der Waals surface area contributed by atoms with Crippen LogP contribution in [-0.2, 0) is 20.9 Å². The van der Waals surface area contributed by atoms with E-state index >= 15 is 0 Å². The number of ether oxygens (including phenoxy) is 1. The summed E-state index contributed by atoms with van der Waals surface area (Å²) in [5.41, 5.74) is 1.99. The molecule has 1 aliphatic heterocycles. The Morgan fingerprint density at radius 2 is 2.20 bits per heavy atom. The number of carbonyl (C=O) groups excluding carboxylic acids is 2. The highest BCUT2D eigenvalue weighted by Gasteiger charge is 2.27. The van der Waals surface area contributed by atoms with Crippen LogP contribution in [0.25, 0.3) is 10.8 Å². The van der Waals surface area contributed by atoms with E-state index in [0.29, 0.717) is 25.5 Å². The van der Waals surface area contributed by atoms with Gasteiger partial charge in [0.2, 0.25) is 11.8 Å². The predicted octanol–water partition coefficient (Wildman–Crippen LogP) is 1.84. The molecule has 0 saturated carbocycles. The topological polar surface area (TPSA) is 75.9 Å². The molecule has 8 heteroatoms. The molecule has 1 saturated heterocycles. The Labute approximate surface area is 150 Å². The minimum atomic E-state index is -0.398. The maximum atomic E-state index is 12.2. The second-order valence-corrected chi connectivity index (χ2v) is 6.97. The van der Waals surface area contributed by atoms with E-state index in [4.69, 9.17) is 4.42 Å². The summed E-state index contributed by atoms with van der Waals surface area (Å²) in [5.74, 6) is 0.931. The fourth-order valence-corrected chi connectivity index (χ4v) is 3.61. The lowest BCUT2D eigenvalue weighted by Crippen LogP contribution is -2.51. The Balaban J connectivity index is 1.64. The third-order valence-electron chi connectivity index (χ3n) is 4.27. The first-order valence-electron chi connectivity index (χ1n) is 8.05. The maximum absolute atomic E-state index is 12.2. The normalized spacial score (nSPS) is 15.6. The number of hydrogen-bond acceptors (Lipinski definition) is 7. The summed E-state index contributed by atoms with van der Waals surface area (Å²) in [7, 11) is 1.32. The van der Waals surface area contributed by atoms with E-state index in [-0.39, 0.29) is 19.0 Å². The molecule has 7 nitrogen and oxygen atoms in total. The van der Waals surface area contributed by atoms with Crippen molar-refractivity contribution < 1.29 is 18.7 Å². The SMILES string of the molecule is COC(=O)CN1CCN(Cc2nc(-c3sccc3C)oc2C)CC1=O. The van der Waals surface area contributed by atoms with Crippen molar-refractivity contribution in [2.24, 2.45) is 0 Å². The Morgan fingerprint density at radius 3 is 2.84 bits per heavy atom. The standard InChI is InChI=1S/C17H21N3O4S/c1-11-4-7-25-16(11)17-18-13(12(2)24-17)8-19-5-6-20(14(21)9-19)10-15(22)23-3/h4,7H,5-6,8-10H2,1-3H3. The minimum Gasteiger partial charge on any atom is -0.468 e. The fraction of sp³-hybridized carbons (Fsp3) is 0.471. The van der Waals surface area contributed by atoms with E-state index in [0.717, 1.165) is 21.9 Å². The van der Waals surface area contributed by atoms with Crippen LogP contribution in [0.15, 0.2) is 15.9 Å². The average molecular weight is 363 g/mol. The van der Waals surface area contributed by atoms with Crippen molar-refractivity contribution in [3.63, 3.8) is 0 Å². The Morgan fingerprint density at radius 1 is 1.40 bits per heavy atom. The van der Waals surface area contributed by atoms with Gasteiger partial charge in [0.1, 0.15) is 12.3 Å². The monoisotopic (exact) mass is 363 g/mol. The van der Waals surface area contributed by atoms with E-state index in [2.05, 4.69) is 9.72 Å². The summed E-state index contributed by atoms with van der Waals surface area (Å²) in [6.07, 6.45) is 0. The highest BCUT2D eigenvalue weighted by molar-refractivity contribution is 7.13. The van der Waals surface area contributed by atoms with Crippen molar-refractivity contribution in [1.82, 2.24) is 14.8 Å². The van der Waals surface area contributed by atoms with E-state index < -0.39 is 5.97 Å². The lowest BCUT2D eigenvalue weighted by atomic mass is 10.2. The van der Waals surface area contributed by atoms with Crippen LogP contribution in [0.3, 0.4) is 0 Å². The van der Waals surface area contributed by atoms with Gasteiger partial charge in [0.25, 0.3) is 0 Å². The summed E-state index contributed by atoms with van der Waals surface area (Å²) in [6.45, 7) is 5.93. The molecule has 0 radical (unpaired) electrons. The smallest absolute Gasteiger partial charge is 0.325 e. The van der Waals surface area contributed by atoms with Gasteiger partial charge < -0.3 is 14.1 Å². The number of aromatic nitrogens is 1. The highest BCUT2D eigenvalue weighted by atomic mass is 32.1. The van der Waals surface area contributed by atoms with Gasteiger partial charge >= 0.3 is 5.97 Å². The van der Waals surface area contributed by atoms with Crippen molar-refractivity contribution in [3.05, 3.63) is 28.5 Å². The van der Waals surface area contributed by atoms with Gasteiger partial charge in [-0.25, -0.2) is 4.98 Å². The van der Waals surface area contributed by atoms with Crippen molar-refractivity contribution in [2.75, 3.05) is 33.3 Å². The number of amides is 1. The molecule has 1 aliphatic rings.